The van der Waals surface area contributed by atoms with Gasteiger partial charge in [0.25, 0.3) is 0 Å². The number of nitriles is 1. The van der Waals surface area contributed by atoms with Crippen LogP contribution in [-0.4, -0.2) is 42.4 Å². The molecule has 2 atom stereocenters. The largest absolute Gasteiger partial charge is 0.494 e. The first kappa shape index (κ1) is 14.8. The van der Waals surface area contributed by atoms with E-state index in [0.29, 0.717) is 18.1 Å². The number of hydrogen-bond donors (Lipinski definition) is 1. The molecule has 1 aromatic rings. The average Bonchev–Trinajstić information content (AvgIpc) is 2.93. The lowest BCUT2D eigenvalue weighted by molar-refractivity contribution is 0.127. The first-order valence-corrected chi connectivity index (χ1v) is 7.22. The van der Waals surface area contributed by atoms with Gasteiger partial charge in [-0.25, -0.2) is 0 Å². The van der Waals surface area contributed by atoms with E-state index in [1.807, 2.05) is 19.1 Å². The average molecular weight is 274 g/mol. The maximum atomic E-state index is 9.56. The lowest BCUT2D eigenvalue weighted by Gasteiger charge is -2.17. The fraction of sp³-hybridized carbons (Fsp3) is 0.562. The SMILES string of the molecule is CC(O)C1CCN(CCCOc2ccc(C#N)cc2)C1. The lowest BCUT2D eigenvalue weighted by Crippen LogP contribution is -2.26. The number of aliphatic hydroxyl groups is 1. The molecule has 0 radical (unpaired) electrons. The van der Waals surface area contributed by atoms with Gasteiger partial charge in [-0.1, -0.05) is 0 Å². The van der Waals surface area contributed by atoms with Crippen LogP contribution in [0, 0.1) is 17.2 Å². The number of aliphatic hydroxyl groups excluding tert-OH is 1. The molecule has 4 heteroatoms. The van der Waals surface area contributed by atoms with Gasteiger partial charge >= 0.3 is 0 Å². The molecule has 0 amide bonds. The van der Waals surface area contributed by atoms with Crippen LogP contribution >= 0.6 is 0 Å². The van der Waals surface area contributed by atoms with Gasteiger partial charge in [0.1, 0.15) is 5.75 Å². The maximum Gasteiger partial charge on any atom is 0.119 e. The van der Waals surface area contributed by atoms with Crippen molar-refractivity contribution in [3.05, 3.63) is 29.8 Å². The summed E-state index contributed by atoms with van der Waals surface area (Å²) in [5.41, 5.74) is 0.651. The molecule has 0 aliphatic carbocycles. The van der Waals surface area contributed by atoms with Gasteiger partial charge in [0.05, 0.1) is 24.3 Å². The zero-order valence-corrected chi connectivity index (χ0v) is 12.0. The maximum absolute atomic E-state index is 9.56. The number of rotatable bonds is 6. The van der Waals surface area contributed by atoms with E-state index in [1.54, 1.807) is 12.1 Å². The highest BCUT2D eigenvalue weighted by Crippen LogP contribution is 2.19. The zero-order valence-electron chi connectivity index (χ0n) is 12.0. The van der Waals surface area contributed by atoms with Crippen LogP contribution in [0.5, 0.6) is 5.75 Å². The van der Waals surface area contributed by atoms with E-state index in [-0.39, 0.29) is 6.10 Å². The predicted octanol–water partition coefficient (Wildman–Crippen LogP) is 2.03. The summed E-state index contributed by atoms with van der Waals surface area (Å²) >= 11 is 0. The predicted molar refractivity (Wildman–Crippen MR) is 77.5 cm³/mol. The van der Waals surface area contributed by atoms with Gasteiger partial charge in [0, 0.05) is 13.1 Å². The smallest absolute Gasteiger partial charge is 0.119 e. The standard InChI is InChI=1S/C16H22N2O2/c1-13(19)15-7-9-18(12-15)8-2-10-20-16-5-3-14(11-17)4-6-16/h3-6,13,15,19H,2,7-10,12H2,1H3. The molecule has 0 saturated carbocycles. The van der Waals surface area contributed by atoms with Crippen LogP contribution in [0.25, 0.3) is 0 Å². The summed E-state index contributed by atoms with van der Waals surface area (Å²) in [4.78, 5) is 2.39. The highest BCUT2D eigenvalue weighted by atomic mass is 16.5. The summed E-state index contributed by atoms with van der Waals surface area (Å²) in [6.45, 7) is 5.64. The second kappa shape index (κ2) is 7.28. The zero-order chi connectivity index (χ0) is 14.4. The van der Waals surface area contributed by atoms with E-state index >= 15 is 0 Å². The number of benzene rings is 1. The van der Waals surface area contributed by atoms with Gasteiger partial charge in [-0.3, -0.25) is 0 Å². The third-order valence-corrected chi connectivity index (χ3v) is 3.86. The van der Waals surface area contributed by atoms with E-state index < -0.39 is 0 Å². The molecule has 2 unspecified atom stereocenters. The van der Waals surface area contributed by atoms with Crippen LogP contribution in [0.2, 0.25) is 0 Å². The van der Waals surface area contributed by atoms with Gasteiger partial charge in [0.2, 0.25) is 0 Å². The molecular weight excluding hydrogens is 252 g/mol. The van der Waals surface area contributed by atoms with Crippen LogP contribution in [0.3, 0.4) is 0 Å². The summed E-state index contributed by atoms with van der Waals surface area (Å²) in [7, 11) is 0. The number of likely N-dealkylation sites (tertiary alicyclic amines) is 1. The monoisotopic (exact) mass is 274 g/mol. The molecule has 1 fully saturated rings. The molecule has 2 rings (SSSR count). The van der Waals surface area contributed by atoms with E-state index in [2.05, 4.69) is 11.0 Å². The van der Waals surface area contributed by atoms with Crippen molar-refractivity contribution in [2.75, 3.05) is 26.2 Å². The Bertz CT molecular complexity index is 451. The van der Waals surface area contributed by atoms with Crippen molar-refractivity contribution < 1.29 is 9.84 Å². The second-order valence-electron chi connectivity index (χ2n) is 5.43. The lowest BCUT2D eigenvalue weighted by atomic mass is 10.0. The summed E-state index contributed by atoms with van der Waals surface area (Å²) in [6, 6.07) is 9.29. The fourth-order valence-corrected chi connectivity index (χ4v) is 2.56. The van der Waals surface area contributed by atoms with Gasteiger partial charge in [-0.05, 0) is 56.5 Å². The first-order valence-electron chi connectivity index (χ1n) is 7.22. The number of ether oxygens (including phenoxy) is 1. The van der Waals surface area contributed by atoms with Crippen molar-refractivity contribution in [3.63, 3.8) is 0 Å². The number of nitrogens with zero attached hydrogens (tertiary/aromatic N) is 2. The Labute approximate surface area is 120 Å². The molecule has 1 saturated heterocycles. The van der Waals surface area contributed by atoms with Crippen LogP contribution in [0.4, 0.5) is 0 Å². The number of hydrogen-bond acceptors (Lipinski definition) is 4. The van der Waals surface area contributed by atoms with Gasteiger partial charge in [0.15, 0.2) is 0 Å². The Morgan fingerprint density at radius 3 is 2.80 bits per heavy atom. The quantitative estimate of drug-likeness (QED) is 0.806. The minimum atomic E-state index is -0.199. The first-order chi connectivity index (χ1) is 9.69. The van der Waals surface area contributed by atoms with E-state index in [9.17, 15) is 5.11 Å². The second-order valence-corrected chi connectivity index (χ2v) is 5.43. The van der Waals surface area contributed by atoms with E-state index in [1.165, 1.54) is 0 Å². The van der Waals surface area contributed by atoms with Crippen LogP contribution in [0.1, 0.15) is 25.3 Å². The Morgan fingerprint density at radius 1 is 1.45 bits per heavy atom. The van der Waals surface area contributed by atoms with Gasteiger partial charge in [-0.15, -0.1) is 0 Å². The Hall–Kier alpha value is -1.57. The van der Waals surface area contributed by atoms with E-state index in [4.69, 9.17) is 10.00 Å². The van der Waals surface area contributed by atoms with Crippen molar-refractivity contribution in [2.24, 2.45) is 5.92 Å². The molecule has 4 nitrogen and oxygen atoms in total. The highest BCUT2D eigenvalue weighted by Gasteiger charge is 2.25. The minimum absolute atomic E-state index is 0.199. The van der Waals surface area contributed by atoms with Crippen molar-refractivity contribution >= 4 is 0 Å². The third kappa shape index (κ3) is 4.22. The molecule has 0 spiro atoms. The fourth-order valence-electron chi connectivity index (χ4n) is 2.56. The third-order valence-electron chi connectivity index (χ3n) is 3.86. The summed E-state index contributed by atoms with van der Waals surface area (Å²) in [5.74, 6) is 1.24. The van der Waals surface area contributed by atoms with Crippen molar-refractivity contribution in [1.82, 2.24) is 4.90 Å². The Morgan fingerprint density at radius 2 is 2.20 bits per heavy atom. The molecule has 108 valence electrons. The normalized spacial score (nSPS) is 20.6. The van der Waals surface area contributed by atoms with Crippen molar-refractivity contribution in [2.45, 2.75) is 25.9 Å². The molecular formula is C16H22N2O2. The van der Waals surface area contributed by atoms with Crippen molar-refractivity contribution in [3.8, 4) is 11.8 Å². The summed E-state index contributed by atoms with van der Waals surface area (Å²) in [5, 5.41) is 18.3. The van der Waals surface area contributed by atoms with Gasteiger partial charge in [-0.2, -0.15) is 5.26 Å². The molecule has 1 heterocycles. The van der Waals surface area contributed by atoms with Crippen molar-refractivity contribution in [1.29, 1.82) is 5.26 Å². The van der Waals surface area contributed by atoms with Crippen LogP contribution < -0.4 is 4.74 Å². The Kier molecular flexibility index (Phi) is 5.40. The molecule has 0 bridgehead atoms. The van der Waals surface area contributed by atoms with Crippen LogP contribution in [-0.2, 0) is 0 Å². The van der Waals surface area contributed by atoms with E-state index in [0.717, 1.165) is 38.2 Å². The van der Waals surface area contributed by atoms with Gasteiger partial charge < -0.3 is 14.7 Å². The molecule has 1 N–H and O–H groups in total. The highest BCUT2D eigenvalue weighted by molar-refractivity contribution is 5.34. The topological polar surface area (TPSA) is 56.5 Å². The Balaban J connectivity index is 1.63. The molecule has 1 aliphatic heterocycles. The molecule has 0 aromatic heterocycles. The minimum Gasteiger partial charge on any atom is -0.494 e. The summed E-state index contributed by atoms with van der Waals surface area (Å²) in [6.07, 6.45) is 1.87. The molecule has 1 aromatic carbocycles. The molecule has 1 aliphatic rings. The molecule has 20 heavy (non-hydrogen) atoms. The van der Waals surface area contributed by atoms with Crippen LogP contribution in [0.15, 0.2) is 24.3 Å². The summed E-state index contributed by atoms with van der Waals surface area (Å²) < 4.78 is 5.65.